The number of nitrogens with zero attached hydrogens (tertiary/aromatic N) is 3. The van der Waals surface area contributed by atoms with Gasteiger partial charge < -0.3 is 4.57 Å². The van der Waals surface area contributed by atoms with Gasteiger partial charge in [0.2, 0.25) is 0 Å². The van der Waals surface area contributed by atoms with E-state index >= 15 is 0 Å². The van der Waals surface area contributed by atoms with Gasteiger partial charge in [0.05, 0.1) is 6.20 Å². The first kappa shape index (κ1) is 9.21. The normalized spacial score (nSPS) is 11.1. The van der Waals surface area contributed by atoms with E-state index in [1.807, 2.05) is 24.1 Å². The lowest BCUT2D eigenvalue weighted by Crippen LogP contribution is -1.84. The molecule has 16 heavy (non-hydrogen) atoms. The van der Waals surface area contributed by atoms with Crippen LogP contribution < -0.4 is 0 Å². The Bertz CT molecular complexity index is 646. The summed E-state index contributed by atoms with van der Waals surface area (Å²) in [6, 6.07) is 8.62. The van der Waals surface area contributed by atoms with E-state index in [1.54, 1.807) is 0 Å². The zero-order chi connectivity index (χ0) is 11.1. The summed E-state index contributed by atoms with van der Waals surface area (Å²) >= 11 is 0. The van der Waals surface area contributed by atoms with Crippen LogP contribution in [-0.2, 0) is 14.1 Å². The molecule has 0 aliphatic carbocycles. The minimum absolute atomic E-state index is 1.16. The van der Waals surface area contributed by atoms with E-state index in [0.29, 0.717) is 0 Å². The van der Waals surface area contributed by atoms with Crippen LogP contribution in [0.2, 0.25) is 0 Å². The molecule has 0 fully saturated rings. The fourth-order valence-corrected chi connectivity index (χ4v) is 2.03. The van der Waals surface area contributed by atoms with Crippen molar-refractivity contribution in [2.24, 2.45) is 14.1 Å². The summed E-state index contributed by atoms with van der Waals surface area (Å²) in [5.74, 6) is 0. The lowest BCUT2D eigenvalue weighted by Gasteiger charge is -1.99. The summed E-state index contributed by atoms with van der Waals surface area (Å²) in [7, 11) is 4.00. The molecular weight excluding hydrogens is 198 g/mol. The minimum Gasteiger partial charge on any atom is -0.351 e. The molecule has 0 radical (unpaired) electrons. The van der Waals surface area contributed by atoms with Crippen molar-refractivity contribution >= 4 is 10.9 Å². The van der Waals surface area contributed by atoms with Gasteiger partial charge in [-0.1, -0.05) is 6.07 Å². The Balaban J connectivity index is 2.18. The van der Waals surface area contributed by atoms with Gasteiger partial charge in [-0.15, -0.1) is 0 Å². The third-order valence-electron chi connectivity index (χ3n) is 2.92. The Kier molecular flexibility index (Phi) is 1.86. The largest absolute Gasteiger partial charge is 0.351 e. The molecule has 0 unspecified atom stereocenters. The van der Waals surface area contributed by atoms with E-state index in [1.165, 1.54) is 16.5 Å². The fraction of sp³-hybridized carbons (Fsp3) is 0.154. The number of rotatable bonds is 1. The van der Waals surface area contributed by atoms with Crippen LogP contribution in [0.25, 0.3) is 22.0 Å². The van der Waals surface area contributed by atoms with Crippen LogP contribution in [0.1, 0.15) is 0 Å². The topological polar surface area (TPSA) is 22.8 Å². The number of fused-ring (bicyclic) bond motifs is 1. The Morgan fingerprint density at radius 1 is 1.06 bits per heavy atom. The third kappa shape index (κ3) is 1.33. The van der Waals surface area contributed by atoms with Crippen LogP contribution >= 0.6 is 0 Å². The monoisotopic (exact) mass is 211 g/mol. The second-order valence-electron chi connectivity index (χ2n) is 4.10. The highest BCUT2D eigenvalue weighted by Gasteiger charge is 2.03. The average molecular weight is 211 g/mol. The highest BCUT2D eigenvalue weighted by molar-refractivity contribution is 5.85. The maximum Gasteiger partial charge on any atom is 0.0568 e. The van der Waals surface area contributed by atoms with E-state index in [4.69, 9.17) is 0 Å². The molecule has 0 aliphatic rings. The number of aryl methyl sites for hydroxylation is 2. The van der Waals surface area contributed by atoms with Gasteiger partial charge in [0.15, 0.2) is 0 Å². The van der Waals surface area contributed by atoms with Crippen LogP contribution in [0.15, 0.2) is 42.9 Å². The van der Waals surface area contributed by atoms with Crippen molar-refractivity contribution < 1.29 is 0 Å². The highest BCUT2D eigenvalue weighted by Crippen LogP contribution is 2.24. The Hall–Kier alpha value is -2.03. The van der Waals surface area contributed by atoms with Crippen molar-refractivity contribution in [2.45, 2.75) is 0 Å². The number of hydrogen-bond donors (Lipinski definition) is 0. The van der Waals surface area contributed by atoms with E-state index in [2.05, 4.69) is 47.2 Å². The van der Waals surface area contributed by atoms with Gasteiger partial charge in [0, 0.05) is 43.0 Å². The van der Waals surface area contributed by atoms with Crippen LogP contribution in [0.3, 0.4) is 0 Å². The van der Waals surface area contributed by atoms with Crippen LogP contribution in [0, 0.1) is 0 Å². The minimum atomic E-state index is 1.16. The fourth-order valence-electron chi connectivity index (χ4n) is 2.03. The second kappa shape index (κ2) is 3.23. The molecule has 3 heteroatoms. The van der Waals surface area contributed by atoms with Crippen LogP contribution in [-0.4, -0.2) is 14.3 Å². The molecule has 0 spiro atoms. The van der Waals surface area contributed by atoms with E-state index < -0.39 is 0 Å². The molecule has 0 saturated heterocycles. The summed E-state index contributed by atoms with van der Waals surface area (Å²) < 4.78 is 3.95. The van der Waals surface area contributed by atoms with Crippen molar-refractivity contribution in [3.05, 3.63) is 42.9 Å². The van der Waals surface area contributed by atoms with E-state index in [0.717, 1.165) is 5.56 Å². The number of hydrogen-bond acceptors (Lipinski definition) is 1. The summed E-state index contributed by atoms with van der Waals surface area (Å²) in [5, 5.41) is 5.46. The molecule has 80 valence electrons. The first-order valence-corrected chi connectivity index (χ1v) is 5.28. The average Bonchev–Trinajstić information content (AvgIpc) is 2.86. The lowest BCUT2D eigenvalue weighted by molar-refractivity contribution is 0.768. The predicted octanol–water partition coefficient (Wildman–Crippen LogP) is 2.58. The molecule has 0 atom stereocenters. The van der Waals surface area contributed by atoms with Crippen LogP contribution in [0.4, 0.5) is 0 Å². The smallest absolute Gasteiger partial charge is 0.0568 e. The quantitative estimate of drug-likeness (QED) is 0.606. The van der Waals surface area contributed by atoms with Crippen molar-refractivity contribution in [3.63, 3.8) is 0 Å². The molecular formula is C13H13N3. The molecule has 0 aliphatic heterocycles. The zero-order valence-corrected chi connectivity index (χ0v) is 9.38. The Morgan fingerprint density at radius 3 is 2.69 bits per heavy atom. The van der Waals surface area contributed by atoms with Gasteiger partial charge in [-0.3, -0.25) is 4.68 Å². The summed E-state index contributed by atoms with van der Waals surface area (Å²) in [5.41, 5.74) is 3.63. The molecule has 1 aromatic carbocycles. The standard InChI is InChI=1S/C13H13N3/c1-15-6-5-11-7-10(3-4-13(11)15)12-8-14-16(2)9-12/h3-9H,1-2H3. The maximum atomic E-state index is 4.19. The molecule has 2 heterocycles. The third-order valence-corrected chi connectivity index (χ3v) is 2.92. The Morgan fingerprint density at radius 2 is 1.94 bits per heavy atom. The molecule has 2 aromatic heterocycles. The summed E-state index contributed by atoms with van der Waals surface area (Å²) in [6.07, 6.45) is 6.01. The van der Waals surface area contributed by atoms with E-state index in [9.17, 15) is 0 Å². The zero-order valence-electron chi connectivity index (χ0n) is 9.38. The molecule has 0 saturated carbocycles. The molecule has 0 N–H and O–H groups in total. The van der Waals surface area contributed by atoms with E-state index in [-0.39, 0.29) is 0 Å². The van der Waals surface area contributed by atoms with Gasteiger partial charge in [0.1, 0.15) is 0 Å². The summed E-state index contributed by atoms with van der Waals surface area (Å²) in [4.78, 5) is 0. The van der Waals surface area contributed by atoms with Gasteiger partial charge in [-0.05, 0) is 23.8 Å². The first-order chi connectivity index (χ1) is 7.74. The van der Waals surface area contributed by atoms with Gasteiger partial charge in [-0.25, -0.2) is 0 Å². The van der Waals surface area contributed by atoms with Crippen molar-refractivity contribution in [2.75, 3.05) is 0 Å². The SMILES string of the molecule is Cn1cc(-c2ccc3c(ccn3C)c2)cn1. The lowest BCUT2D eigenvalue weighted by atomic mass is 10.1. The number of benzene rings is 1. The predicted molar refractivity (Wildman–Crippen MR) is 65.1 cm³/mol. The maximum absolute atomic E-state index is 4.19. The van der Waals surface area contributed by atoms with Gasteiger partial charge in [0.25, 0.3) is 0 Å². The van der Waals surface area contributed by atoms with Crippen molar-refractivity contribution in [1.82, 2.24) is 14.3 Å². The number of aromatic nitrogens is 3. The van der Waals surface area contributed by atoms with Crippen molar-refractivity contribution in [3.8, 4) is 11.1 Å². The molecule has 3 aromatic rings. The van der Waals surface area contributed by atoms with Crippen molar-refractivity contribution in [1.29, 1.82) is 0 Å². The molecule has 3 nitrogen and oxygen atoms in total. The van der Waals surface area contributed by atoms with Gasteiger partial charge >= 0.3 is 0 Å². The first-order valence-electron chi connectivity index (χ1n) is 5.28. The van der Waals surface area contributed by atoms with Gasteiger partial charge in [-0.2, -0.15) is 5.10 Å². The highest BCUT2D eigenvalue weighted by atomic mass is 15.2. The second-order valence-corrected chi connectivity index (χ2v) is 4.10. The molecule has 3 rings (SSSR count). The molecule has 0 amide bonds. The Labute approximate surface area is 93.9 Å². The molecule has 0 bridgehead atoms. The van der Waals surface area contributed by atoms with Crippen LogP contribution in [0.5, 0.6) is 0 Å². The summed E-state index contributed by atoms with van der Waals surface area (Å²) in [6.45, 7) is 0.